The van der Waals surface area contributed by atoms with Gasteiger partial charge in [0.05, 0.1) is 31.3 Å². The summed E-state index contributed by atoms with van der Waals surface area (Å²) >= 11 is 0. The summed E-state index contributed by atoms with van der Waals surface area (Å²) in [7, 11) is 1.88. The first kappa shape index (κ1) is 23.2. The summed E-state index contributed by atoms with van der Waals surface area (Å²) in [5, 5.41) is 15.3. The SMILES string of the molecule is CCNC(=NCC(CC(C)C)N1CCOCC1)NCCNc1ncnc2c1cnn2C. The van der Waals surface area contributed by atoms with Crippen LogP contribution in [0.25, 0.3) is 11.0 Å². The fourth-order valence-electron chi connectivity index (χ4n) is 3.83. The molecule has 0 bridgehead atoms. The maximum Gasteiger partial charge on any atom is 0.191 e. The molecular weight excluding hydrogens is 394 g/mol. The van der Waals surface area contributed by atoms with Gasteiger partial charge in [0.25, 0.3) is 0 Å². The highest BCUT2D eigenvalue weighted by atomic mass is 16.5. The molecule has 3 N–H and O–H groups in total. The number of nitrogens with zero attached hydrogens (tertiary/aromatic N) is 6. The van der Waals surface area contributed by atoms with E-state index in [1.807, 2.05) is 7.05 Å². The lowest BCUT2D eigenvalue weighted by atomic mass is 10.0. The Bertz CT molecular complexity index is 829. The zero-order valence-corrected chi connectivity index (χ0v) is 19.3. The molecule has 1 aliphatic rings. The van der Waals surface area contributed by atoms with Crippen molar-refractivity contribution in [1.29, 1.82) is 0 Å². The van der Waals surface area contributed by atoms with Crippen molar-refractivity contribution >= 4 is 22.8 Å². The Labute approximate surface area is 184 Å². The van der Waals surface area contributed by atoms with E-state index in [2.05, 4.69) is 56.7 Å². The van der Waals surface area contributed by atoms with Crippen molar-refractivity contribution in [3.8, 4) is 0 Å². The van der Waals surface area contributed by atoms with Gasteiger partial charge in [0.2, 0.25) is 0 Å². The van der Waals surface area contributed by atoms with Gasteiger partial charge in [-0.1, -0.05) is 13.8 Å². The highest BCUT2D eigenvalue weighted by Crippen LogP contribution is 2.17. The summed E-state index contributed by atoms with van der Waals surface area (Å²) in [5.74, 6) is 2.28. The number of guanidine groups is 1. The molecule has 2 aromatic rings. The zero-order valence-electron chi connectivity index (χ0n) is 19.3. The van der Waals surface area contributed by atoms with Gasteiger partial charge in [-0.05, 0) is 19.3 Å². The number of aliphatic imine (C=N–C) groups is 1. The van der Waals surface area contributed by atoms with Crippen molar-refractivity contribution in [3.05, 3.63) is 12.5 Å². The van der Waals surface area contributed by atoms with E-state index in [-0.39, 0.29) is 0 Å². The molecular formula is C21H37N9O. The van der Waals surface area contributed by atoms with Crippen LogP contribution in [-0.4, -0.2) is 89.1 Å². The second kappa shape index (κ2) is 11.8. The molecule has 172 valence electrons. The number of aryl methyl sites for hydroxylation is 1. The average Bonchev–Trinajstić information content (AvgIpc) is 3.16. The van der Waals surface area contributed by atoms with Crippen LogP contribution in [0.1, 0.15) is 27.2 Å². The van der Waals surface area contributed by atoms with Gasteiger partial charge < -0.3 is 20.7 Å². The largest absolute Gasteiger partial charge is 0.379 e. The van der Waals surface area contributed by atoms with E-state index in [4.69, 9.17) is 9.73 Å². The fraction of sp³-hybridized carbons (Fsp3) is 0.714. The van der Waals surface area contributed by atoms with Crippen LogP contribution in [0.2, 0.25) is 0 Å². The number of ether oxygens (including phenoxy) is 1. The normalized spacial score (nSPS) is 16.6. The maximum absolute atomic E-state index is 5.53. The quantitative estimate of drug-likeness (QED) is 0.292. The molecule has 3 rings (SSSR count). The highest BCUT2D eigenvalue weighted by Gasteiger charge is 2.21. The molecule has 31 heavy (non-hydrogen) atoms. The minimum Gasteiger partial charge on any atom is -0.379 e. The average molecular weight is 432 g/mol. The summed E-state index contributed by atoms with van der Waals surface area (Å²) < 4.78 is 7.27. The van der Waals surface area contributed by atoms with Crippen LogP contribution in [0, 0.1) is 5.92 Å². The van der Waals surface area contributed by atoms with E-state index in [1.54, 1.807) is 17.2 Å². The third kappa shape index (κ3) is 6.76. The molecule has 0 aromatic carbocycles. The Morgan fingerprint density at radius 2 is 2.00 bits per heavy atom. The van der Waals surface area contributed by atoms with Gasteiger partial charge >= 0.3 is 0 Å². The Balaban J connectivity index is 1.53. The van der Waals surface area contributed by atoms with Crippen LogP contribution in [0.15, 0.2) is 17.5 Å². The summed E-state index contributed by atoms with van der Waals surface area (Å²) in [6.45, 7) is 13.3. The fourth-order valence-corrected chi connectivity index (χ4v) is 3.83. The molecule has 0 radical (unpaired) electrons. The third-order valence-electron chi connectivity index (χ3n) is 5.35. The first-order chi connectivity index (χ1) is 15.1. The minimum atomic E-state index is 0.442. The molecule has 0 saturated carbocycles. The molecule has 1 unspecified atom stereocenters. The summed E-state index contributed by atoms with van der Waals surface area (Å²) in [4.78, 5) is 16.0. The third-order valence-corrected chi connectivity index (χ3v) is 5.35. The van der Waals surface area contributed by atoms with E-state index in [9.17, 15) is 0 Å². The van der Waals surface area contributed by atoms with Crippen LogP contribution in [-0.2, 0) is 11.8 Å². The molecule has 1 aliphatic heterocycles. The lowest BCUT2D eigenvalue weighted by molar-refractivity contribution is 0.0143. The summed E-state index contributed by atoms with van der Waals surface area (Å²) in [6, 6.07) is 0.442. The number of morpholine rings is 1. The number of nitrogens with one attached hydrogen (secondary N) is 3. The Kier molecular flexibility index (Phi) is 8.84. The van der Waals surface area contributed by atoms with Gasteiger partial charge in [0.15, 0.2) is 11.6 Å². The molecule has 0 amide bonds. The maximum atomic E-state index is 5.53. The van der Waals surface area contributed by atoms with Crippen LogP contribution < -0.4 is 16.0 Å². The number of hydrogen-bond acceptors (Lipinski definition) is 7. The molecule has 0 aliphatic carbocycles. The first-order valence-electron chi connectivity index (χ1n) is 11.3. The van der Waals surface area contributed by atoms with Gasteiger partial charge in [-0.3, -0.25) is 14.6 Å². The van der Waals surface area contributed by atoms with E-state index in [1.165, 1.54) is 0 Å². The van der Waals surface area contributed by atoms with Gasteiger partial charge in [0.1, 0.15) is 12.1 Å². The molecule has 1 fully saturated rings. The van der Waals surface area contributed by atoms with Crippen molar-refractivity contribution < 1.29 is 4.74 Å². The van der Waals surface area contributed by atoms with Gasteiger partial charge in [-0.15, -0.1) is 0 Å². The van der Waals surface area contributed by atoms with Crippen molar-refractivity contribution in [2.45, 2.75) is 33.2 Å². The molecule has 1 atom stereocenters. The standard InChI is InChI=1S/C21H37N9O/c1-5-22-21(25-13-17(12-16(2)3)30-8-10-31-11-9-30)24-7-6-23-19-18-14-28-29(4)20(18)27-15-26-19/h14-17H,5-13H2,1-4H3,(H2,22,24,25)(H,23,26,27). The molecule has 10 nitrogen and oxygen atoms in total. The Hall–Kier alpha value is -2.46. The van der Waals surface area contributed by atoms with Crippen molar-refractivity contribution in [2.75, 3.05) is 57.8 Å². The lowest BCUT2D eigenvalue weighted by Crippen LogP contribution is -2.46. The van der Waals surface area contributed by atoms with Crippen LogP contribution in [0.5, 0.6) is 0 Å². The molecule has 0 spiro atoms. The van der Waals surface area contributed by atoms with E-state index in [0.717, 1.165) is 75.2 Å². The number of anilines is 1. The number of hydrogen-bond donors (Lipinski definition) is 3. The monoisotopic (exact) mass is 431 g/mol. The summed E-state index contributed by atoms with van der Waals surface area (Å²) in [5.41, 5.74) is 0.819. The molecule has 1 saturated heterocycles. The number of rotatable bonds is 10. The first-order valence-corrected chi connectivity index (χ1v) is 11.3. The molecule has 2 aromatic heterocycles. The highest BCUT2D eigenvalue weighted by molar-refractivity contribution is 5.86. The van der Waals surface area contributed by atoms with Crippen LogP contribution >= 0.6 is 0 Å². The van der Waals surface area contributed by atoms with Gasteiger partial charge in [0, 0.05) is 45.8 Å². The van der Waals surface area contributed by atoms with Crippen LogP contribution in [0.3, 0.4) is 0 Å². The van der Waals surface area contributed by atoms with Crippen molar-refractivity contribution in [3.63, 3.8) is 0 Å². The van der Waals surface area contributed by atoms with E-state index < -0.39 is 0 Å². The predicted molar refractivity (Wildman–Crippen MR) is 124 cm³/mol. The Morgan fingerprint density at radius 1 is 1.19 bits per heavy atom. The van der Waals surface area contributed by atoms with Crippen molar-refractivity contribution in [2.24, 2.45) is 18.0 Å². The molecule has 3 heterocycles. The van der Waals surface area contributed by atoms with Crippen LogP contribution in [0.4, 0.5) is 5.82 Å². The smallest absolute Gasteiger partial charge is 0.191 e. The number of fused-ring (bicyclic) bond motifs is 1. The summed E-state index contributed by atoms with van der Waals surface area (Å²) in [6.07, 6.45) is 4.49. The van der Waals surface area contributed by atoms with Crippen molar-refractivity contribution in [1.82, 2.24) is 35.3 Å². The second-order valence-electron chi connectivity index (χ2n) is 8.23. The van der Waals surface area contributed by atoms with E-state index in [0.29, 0.717) is 18.5 Å². The Morgan fingerprint density at radius 3 is 2.74 bits per heavy atom. The number of aromatic nitrogens is 4. The van der Waals surface area contributed by atoms with Gasteiger partial charge in [-0.25, -0.2) is 9.97 Å². The van der Waals surface area contributed by atoms with E-state index >= 15 is 0 Å². The topological polar surface area (TPSA) is 105 Å². The lowest BCUT2D eigenvalue weighted by Gasteiger charge is -2.34. The predicted octanol–water partition coefficient (Wildman–Crippen LogP) is 1.08. The minimum absolute atomic E-state index is 0.442. The second-order valence-corrected chi connectivity index (χ2v) is 8.23. The van der Waals surface area contributed by atoms with Gasteiger partial charge in [-0.2, -0.15) is 5.10 Å². The molecule has 10 heteroatoms. The zero-order chi connectivity index (χ0) is 22.1.